The topological polar surface area (TPSA) is 13.1 Å². The minimum absolute atomic E-state index is 0.00576. The molecule has 1 heterocycles. The molecule has 0 saturated carbocycles. The number of alkyl halides is 2. The van der Waals surface area contributed by atoms with Gasteiger partial charge in [-0.05, 0) is 95.9 Å². The number of benzene rings is 8. The van der Waals surface area contributed by atoms with Crippen molar-refractivity contribution in [2.24, 2.45) is 0 Å². The van der Waals surface area contributed by atoms with E-state index in [1.807, 2.05) is 24.3 Å². The molecule has 0 aliphatic rings. The first-order valence-electron chi connectivity index (χ1n) is 17.0. The van der Waals surface area contributed by atoms with E-state index in [-0.39, 0.29) is 16.5 Å². The molecule has 0 aliphatic heterocycles. The van der Waals surface area contributed by atoms with Crippen LogP contribution < -0.4 is 0 Å². The van der Waals surface area contributed by atoms with Crippen LogP contribution in [0.5, 0.6) is 0 Å². The summed E-state index contributed by atoms with van der Waals surface area (Å²) in [5.74, 6) is -3.18. The Morgan fingerprint density at radius 1 is 0.360 bits per heavy atom. The molecule has 0 saturated heterocycles. The van der Waals surface area contributed by atoms with Crippen molar-refractivity contribution < 1.29 is 13.2 Å². The molecule has 0 atom stereocenters. The molecule has 0 radical (unpaired) electrons. The van der Waals surface area contributed by atoms with Crippen molar-refractivity contribution in [3.63, 3.8) is 0 Å². The molecule has 9 aromatic rings. The van der Waals surface area contributed by atoms with Crippen LogP contribution in [0.15, 0.2) is 156 Å². The SMILES string of the molecule is CC(C)(C)c1ccc2c(c1)oc1cc(-c3cccc(C(F)(F)c4ccc(-c5ccc6c7ccccc7c7ccccc7c6c5)cc4)c3)ccc12. The van der Waals surface area contributed by atoms with E-state index in [1.165, 1.54) is 38.6 Å². The first kappa shape index (κ1) is 30.3. The average molecular weight is 653 g/mol. The van der Waals surface area contributed by atoms with Gasteiger partial charge in [0, 0.05) is 21.9 Å². The Hall–Kier alpha value is -5.80. The van der Waals surface area contributed by atoms with Crippen LogP contribution >= 0.6 is 0 Å². The number of hydrogen-bond donors (Lipinski definition) is 0. The van der Waals surface area contributed by atoms with Gasteiger partial charge in [-0.2, -0.15) is 8.78 Å². The molecule has 0 fully saturated rings. The van der Waals surface area contributed by atoms with Gasteiger partial charge in [0.25, 0.3) is 5.92 Å². The zero-order valence-corrected chi connectivity index (χ0v) is 28.1. The fourth-order valence-corrected chi connectivity index (χ4v) is 7.44. The zero-order valence-electron chi connectivity index (χ0n) is 28.1. The normalized spacial score (nSPS) is 12.5. The molecule has 0 unspecified atom stereocenters. The Kier molecular flexibility index (Phi) is 6.73. The molecule has 8 aromatic carbocycles. The second-order valence-corrected chi connectivity index (χ2v) is 14.4. The number of furan rings is 1. The Morgan fingerprint density at radius 3 is 1.48 bits per heavy atom. The lowest BCUT2D eigenvalue weighted by atomic mass is 9.86. The van der Waals surface area contributed by atoms with Gasteiger partial charge in [-0.25, -0.2) is 0 Å². The molecule has 3 heteroatoms. The molecule has 0 spiro atoms. The molecule has 0 bridgehead atoms. The standard InChI is InChI=1S/C47H34F2O/c1-46(2,3)34-21-24-42-41-23-18-32(27-44(41)50-45(42)28-34)30-9-8-10-35(25-30)47(48,49)33-19-15-29(16-20-33)31-17-22-40-38-13-5-4-11-36(38)37-12-6-7-14-39(37)43(40)26-31/h4-28H,1-3H3. The maximum atomic E-state index is 16.2. The van der Waals surface area contributed by atoms with Gasteiger partial charge in [0.05, 0.1) is 0 Å². The number of halogens is 2. The van der Waals surface area contributed by atoms with Crippen molar-refractivity contribution >= 4 is 54.3 Å². The third-order valence-electron chi connectivity index (χ3n) is 10.2. The largest absolute Gasteiger partial charge is 0.456 e. The van der Waals surface area contributed by atoms with Gasteiger partial charge < -0.3 is 4.42 Å². The van der Waals surface area contributed by atoms with Crippen LogP contribution in [0.4, 0.5) is 8.78 Å². The smallest absolute Gasteiger partial charge is 0.298 e. The number of fused-ring (bicyclic) bond motifs is 9. The lowest BCUT2D eigenvalue weighted by Gasteiger charge is -2.19. The van der Waals surface area contributed by atoms with E-state index in [1.54, 1.807) is 36.4 Å². The van der Waals surface area contributed by atoms with E-state index >= 15 is 8.78 Å². The molecule has 50 heavy (non-hydrogen) atoms. The van der Waals surface area contributed by atoms with E-state index in [0.717, 1.165) is 44.0 Å². The van der Waals surface area contributed by atoms with Gasteiger partial charge in [0.1, 0.15) is 11.2 Å². The average Bonchev–Trinajstić information content (AvgIpc) is 3.52. The predicted molar refractivity (Wildman–Crippen MR) is 205 cm³/mol. The summed E-state index contributed by atoms with van der Waals surface area (Å²) in [5.41, 5.74) is 6.12. The lowest BCUT2D eigenvalue weighted by Crippen LogP contribution is -2.15. The molecule has 1 aromatic heterocycles. The first-order chi connectivity index (χ1) is 24.1. The number of hydrogen-bond acceptors (Lipinski definition) is 1. The van der Waals surface area contributed by atoms with Gasteiger partial charge in [-0.3, -0.25) is 0 Å². The number of rotatable bonds is 4. The van der Waals surface area contributed by atoms with Crippen molar-refractivity contribution in [1.29, 1.82) is 0 Å². The summed E-state index contributed by atoms with van der Waals surface area (Å²) in [7, 11) is 0. The molecule has 1 nitrogen and oxygen atoms in total. The Bertz CT molecular complexity index is 2730. The monoisotopic (exact) mass is 652 g/mol. The van der Waals surface area contributed by atoms with Crippen LogP contribution in [0.25, 0.3) is 76.5 Å². The van der Waals surface area contributed by atoms with Crippen LogP contribution in [0.3, 0.4) is 0 Å². The Labute approximate surface area is 289 Å². The predicted octanol–water partition coefficient (Wildman–Crippen LogP) is 13.8. The molecule has 0 aliphatic carbocycles. The third kappa shape index (κ3) is 4.88. The van der Waals surface area contributed by atoms with Crippen LogP contribution in [0.1, 0.15) is 37.5 Å². The van der Waals surface area contributed by atoms with E-state index in [0.29, 0.717) is 5.56 Å². The molecular weight excluding hydrogens is 619 g/mol. The fourth-order valence-electron chi connectivity index (χ4n) is 7.44. The molecule has 9 rings (SSSR count). The minimum Gasteiger partial charge on any atom is -0.456 e. The Morgan fingerprint density at radius 2 is 0.840 bits per heavy atom. The summed E-state index contributed by atoms with van der Waals surface area (Å²) in [6.07, 6.45) is 0. The molecular formula is C47H34F2O. The van der Waals surface area contributed by atoms with Crippen LogP contribution in [0.2, 0.25) is 0 Å². The quantitative estimate of drug-likeness (QED) is 0.172. The highest BCUT2D eigenvalue weighted by Gasteiger charge is 2.34. The van der Waals surface area contributed by atoms with Crippen LogP contribution in [0, 0.1) is 0 Å². The van der Waals surface area contributed by atoms with Gasteiger partial charge in [-0.1, -0.05) is 142 Å². The summed E-state index contributed by atoms with van der Waals surface area (Å²) >= 11 is 0. The fraction of sp³-hybridized carbons (Fsp3) is 0.106. The van der Waals surface area contributed by atoms with Crippen molar-refractivity contribution in [2.45, 2.75) is 32.1 Å². The zero-order chi connectivity index (χ0) is 34.2. The van der Waals surface area contributed by atoms with Crippen LogP contribution in [-0.2, 0) is 11.3 Å². The van der Waals surface area contributed by atoms with Crippen molar-refractivity contribution in [3.8, 4) is 22.3 Å². The van der Waals surface area contributed by atoms with E-state index < -0.39 is 5.92 Å². The third-order valence-corrected chi connectivity index (χ3v) is 10.2. The van der Waals surface area contributed by atoms with E-state index in [4.69, 9.17) is 4.42 Å². The second-order valence-electron chi connectivity index (χ2n) is 14.4. The molecule has 242 valence electrons. The van der Waals surface area contributed by atoms with Gasteiger partial charge in [0.2, 0.25) is 0 Å². The lowest BCUT2D eigenvalue weighted by molar-refractivity contribution is 0.0429. The van der Waals surface area contributed by atoms with E-state index in [9.17, 15) is 0 Å². The van der Waals surface area contributed by atoms with Crippen molar-refractivity contribution in [2.75, 3.05) is 0 Å². The summed E-state index contributed by atoms with van der Waals surface area (Å²) in [6.45, 7) is 6.54. The van der Waals surface area contributed by atoms with Crippen LogP contribution in [-0.4, -0.2) is 0 Å². The van der Waals surface area contributed by atoms with Crippen molar-refractivity contribution in [1.82, 2.24) is 0 Å². The van der Waals surface area contributed by atoms with Gasteiger partial charge in [0.15, 0.2) is 0 Å². The highest BCUT2D eigenvalue weighted by Crippen LogP contribution is 2.41. The summed E-state index contributed by atoms with van der Waals surface area (Å²) in [4.78, 5) is 0. The summed E-state index contributed by atoms with van der Waals surface area (Å²) < 4.78 is 38.6. The van der Waals surface area contributed by atoms with Crippen molar-refractivity contribution in [3.05, 3.63) is 168 Å². The summed E-state index contributed by atoms with van der Waals surface area (Å²) in [5, 5.41) is 9.21. The van der Waals surface area contributed by atoms with Gasteiger partial charge >= 0.3 is 0 Å². The minimum atomic E-state index is -3.18. The highest BCUT2D eigenvalue weighted by atomic mass is 19.3. The molecule has 0 amide bonds. The highest BCUT2D eigenvalue weighted by molar-refractivity contribution is 6.25. The first-order valence-corrected chi connectivity index (χ1v) is 17.0. The maximum absolute atomic E-state index is 16.2. The summed E-state index contributed by atoms with van der Waals surface area (Å²) in [6, 6.07) is 49.0. The Balaban J connectivity index is 1.04. The van der Waals surface area contributed by atoms with E-state index in [2.05, 4.69) is 106 Å². The second kappa shape index (κ2) is 11.1. The maximum Gasteiger partial charge on any atom is 0.298 e. The molecule has 0 N–H and O–H groups in total. The van der Waals surface area contributed by atoms with Gasteiger partial charge in [-0.15, -0.1) is 0 Å².